The first-order valence-electron chi connectivity index (χ1n) is 18.3. The minimum atomic E-state index is -5.14. The molecule has 16 nitrogen and oxygen atoms in total. The van der Waals surface area contributed by atoms with Crippen LogP contribution in [0.2, 0.25) is 0 Å². The second-order valence-corrected chi connectivity index (χ2v) is 30.3. The lowest BCUT2D eigenvalue weighted by atomic mass is 9.89. The molecule has 6 rings (SSSR count). The predicted octanol–water partition coefficient (Wildman–Crippen LogP) is 7.55. The van der Waals surface area contributed by atoms with Crippen LogP contribution >= 0.6 is 23.5 Å². The molecule has 0 aromatic heterocycles. The molecule has 0 heterocycles. The second-order valence-electron chi connectivity index (χ2n) is 14.6. The molecule has 2 fully saturated rings. The fourth-order valence-electron chi connectivity index (χ4n) is 9.16. The highest BCUT2D eigenvalue weighted by molar-refractivity contribution is 8.43. The average molecular weight is 962 g/mol. The minimum Gasteiger partial charge on any atom is -0.263 e. The van der Waals surface area contributed by atoms with Crippen molar-refractivity contribution in [3.05, 3.63) is 83.4 Å². The van der Waals surface area contributed by atoms with Gasteiger partial charge in [0.1, 0.15) is 0 Å². The van der Waals surface area contributed by atoms with E-state index < -0.39 is 78.8 Å². The minimum absolute atomic E-state index is 0.199. The molecule has 58 heavy (non-hydrogen) atoms. The van der Waals surface area contributed by atoms with Gasteiger partial charge in [0.2, 0.25) is 18.9 Å². The standard InChI is InChI=1S/C34H43O16P3S5/c35-54(36,51-48-56(39,40)41)28-19-17-25(18-20-28)10-9-23-34(53(50-58(45,46)47,26-11-3-1-4-12-26)27-13-5-2-6-14-27)32-16-8-7-15-30(32)31-22-21-29(24-33(31)34)55(37,38)52-49-57(42,43)44/h7-8,15-22,24,26-27,51-52H,1-6,9-14,23H2,(H2-,39,40,41,42,43,44,45,46,47)/p+1. The first-order chi connectivity index (χ1) is 27.1. The summed E-state index contributed by atoms with van der Waals surface area (Å²) >= 11 is 0. The molecule has 3 N–H and O–H groups in total. The first-order valence-corrected chi connectivity index (χ1v) is 30.5. The Morgan fingerprint density at radius 2 is 1.07 bits per heavy atom. The van der Waals surface area contributed by atoms with E-state index in [9.17, 15) is 51.2 Å². The van der Waals surface area contributed by atoms with Gasteiger partial charge >= 0.3 is 31.2 Å². The lowest BCUT2D eigenvalue weighted by Gasteiger charge is -2.50. The summed E-state index contributed by atoms with van der Waals surface area (Å²) in [6.45, 7) is 0. The van der Waals surface area contributed by atoms with Crippen molar-refractivity contribution in [1.82, 2.24) is 0 Å². The van der Waals surface area contributed by atoms with Gasteiger partial charge in [-0.2, -0.15) is 25.3 Å². The summed E-state index contributed by atoms with van der Waals surface area (Å²) < 4.78 is 168. The number of fused-ring (bicyclic) bond motifs is 3. The molecule has 3 aliphatic carbocycles. The summed E-state index contributed by atoms with van der Waals surface area (Å²) in [6.07, 6.45) is 8.24. The van der Waals surface area contributed by atoms with Crippen LogP contribution in [0.5, 0.6) is 0 Å². The van der Waals surface area contributed by atoms with E-state index in [1.165, 1.54) is 36.4 Å². The normalized spacial score (nSPS) is 20.5. The van der Waals surface area contributed by atoms with Gasteiger partial charge in [-0.05, 0) is 112 Å². The molecule has 0 radical (unpaired) electrons. The maximum absolute atomic E-state index is 13.7. The van der Waals surface area contributed by atoms with Crippen LogP contribution < -0.4 is 0 Å². The Hall–Kier alpha value is -1.54. The molecule has 24 heteroatoms. The Morgan fingerprint density at radius 3 is 1.59 bits per heavy atom. The van der Waals surface area contributed by atoms with Crippen LogP contribution in [0.3, 0.4) is 0 Å². The van der Waals surface area contributed by atoms with Gasteiger partial charge in [0.25, 0.3) is 0 Å². The number of aryl methyl sites for hydroxylation is 1. The third-order valence-corrected chi connectivity index (χ3v) is 26.4. The van der Waals surface area contributed by atoms with Crippen molar-refractivity contribution in [2.24, 2.45) is 0 Å². The SMILES string of the molecule is O=S(=O)(O)OPS(=O)(=O)c1ccc(CCCC2([P+](OS(=O)(=O)O)(C3CCCCC3)C3CCCCC3)c3ccccc3-c3ccc(S(=O)(=O)POS(=O)(=O)O)cc32)cc1. The highest BCUT2D eigenvalue weighted by Gasteiger charge is 2.73. The van der Waals surface area contributed by atoms with Gasteiger partial charge in [-0.1, -0.05) is 59.3 Å². The Balaban J connectivity index is 1.55. The van der Waals surface area contributed by atoms with Gasteiger partial charge in [0.05, 0.1) is 21.1 Å². The van der Waals surface area contributed by atoms with Crippen molar-refractivity contribution in [2.45, 2.75) is 110 Å². The van der Waals surface area contributed by atoms with Gasteiger partial charge in [-0.25, -0.2) is 24.8 Å². The van der Waals surface area contributed by atoms with Gasteiger partial charge in [-0.15, -0.1) is 0 Å². The van der Waals surface area contributed by atoms with Crippen LogP contribution in [0.1, 0.15) is 93.7 Å². The predicted molar refractivity (Wildman–Crippen MR) is 222 cm³/mol. The molecule has 3 aromatic rings. The molecule has 0 aliphatic heterocycles. The van der Waals surface area contributed by atoms with Crippen molar-refractivity contribution in [3.8, 4) is 11.1 Å². The molecule has 3 unspecified atom stereocenters. The number of rotatable bonds is 17. The molecule has 0 spiro atoms. The topological polar surface area (TPSA) is 259 Å². The molecule has 3 atom stereocenters. The van der Waals surface area contributed by atoms with Crippen molar-refractivity contribution in [2.75, 3.05) is 0 Å². The van der Waals surface area contributed by atoms with E-state index in [1.807, 2.05) is 24.3 Å². The maximum Gasteiger partial charge on any atom is 0.429 e. The van der Waals surface area contributed by atoms with Crippen molar-refractivity contribution in [3.63, 3.8) is 0 Å². The largest absolute Gasteiger partial charge is 0.429 e. The van der Waals surface area contributed by atoms with Crippen molar-refractivity contribution >= 4 is 73.6 Å². The monoisotopic (exact) mass is 961 g/mol. The fourth-order valence-corrected chi connectivity index (χ4v) is 24.8. The van der Waals surface area contributed by atoms with Crippen LogP contribution in [0.4, 0.5) is 0 Å². The van der Waals surface area contributed by atoms with Crippen LogP contribution in [0.25, 0.3) is 11.1 Å². The lowest BCUT2D eigenvalue weighted by Crippen LogP contribution is -2.44. The van der Waals surface area contributed by atoms with E-state index in [2.05, 4.69) is 7.94 Å². The van der Waals surface area contributed by atoms with Crippen LogP contribution in [-0.4, -0.2) is 67.1 Å². The quantitative estimate of drug-likeness (QED) is 0.0871. The Kier molecular flexibility index (Phi) is 14.0. The van der Waals surface area contributed by atoms with Gasteiger partial charge in [0.15, 0.2) is 28.7 Å². The van der Waals surface area contributed by atoms with E-state index in [-0.39, 0.29) is 27.5 Å². The zero-order valence-corrected chi connectivity index (χ0v) is 37.8. The van der Waals surface area contributed by atoms with E-state index in [4.69, 9.17) is 8.52 Å². The highest BCUT2D eigenvalue weighted by atomic mass is 32.8. The number of hydrogen-bond donors (Lipinski definition) is 3. The molecule has 2 saturated carbocycles. The zero-order valence-electron chi connectivity index (χ0n) is 30.8. The third-order valence-electron chi connectivity index (χ3n) is 11.2. The van der Waals surface area contributed by atoms with E-state index in [0.717, 1.165) is 44.1 Å². The molecular weight excluding hydrogens is 918 g/mol. The Labute approximate surface area is 343 Å². The molecule has 3 aliphatic rings. The van der Waals surface area contributed by atoms with Crippen molar-refractivity contribution in [1.29, 1.82) is 0 Å². The summed E-state index contributed by atoms with van der Waals surface area (Å²) in [7, 11) is -30.9. The van der Waals surface area contributed by atoms with Gasteiger partial charge in [-0.3, -0.25) is 13.7 Å². The average Bonchev–Trinajstić information content (AvgIpc) is 3.45. The Morgan fingerprint density at radius 1 is 0.586 bits per heavy atom. The fraction of sp³-hybridized carbons (Fsp3) is 0.471. The van der Waals surface area contributed by atoms with E-state index >= 15 is 0 Å². The van der Waals surface area contributed by atoms with E-state index in [0.29, 0.717) is 60.8 Å². The molecule has 0 saturated heterocycles. The van der Waals surface area contributed by atoms with Gasteiger partial charge in [0, 0.05) is 11.1 Å². The van der Waals surface area contributed by atoms with E-state index in [1.54, 1.807) is 6.07 Å². The molecular formula is C34H44O16P3S5+. The number of hydrogen-bond acceptors (Lipinski definition) is 13. The summed E-state index contributed by atoms with van der Waals surface area (Å²) in [5.74, 6) is 0. The second kappa shape index (κ2) is 17.7. The zero-order chi connectivity index (χ0) is 42.2. The van der Waals surface area contributed by atoms with Crippen molar-refractivity contribution < 1.29 is 67.7 Å². The smallest absolute Gasteiger partial charge is 0.263 e. The maximum atomic E-state index is 13.7. The van der Waals surface area contributed by atoms with Crippen LogP contribution in [0.15, 0.2) is 76.5 Å². The van der Waals surface area contributed by atoms with Gasteiger partial charge < -0.3 is 0 Å². The number of benzene rings is 3. The molecule has 0 amide bonds. The first kappa shape index (κ1) is 46.0. The summed E-state index contributed by atoms with van der Waals surface area (Å²) in [5, 5.41) is -1.32. The van der Waals surface area contributed by atoms with Crippen LogP contribution in [0, 0.1) is 0 Å². The third kappa shape index (κ3) is 10.0. The van der Waals surface area contributed by atoms with Crippen LogP contribution in [-0.2, 0) is 73.6 Å². The lowest BCUT2D eigenvalue weighted by molar-refractivity contribution is 0.358. The summed E-state index contributed by atoms with van der Waals surface area (Å²) in [5.41, 5.74) is 2.54. The molecule has 0 bridgehead atoms. The molecule has 320 valence electrons. The highest BCUT2D eigenvalue weighted by Crippen LogP contribution is 2.88. The molecule has 3 aromatic carbocycles. The Bertz CT molecular complexity index is 2540. The summed E-state index contributed by atoms with van der Waals surface area (Å²) in [6, 6.07) is 17.3. The summed E-state index contributed by atoms with van der Waals surface area (Å²) in [4.78, 5) is -0.569.